The van der Waals surface area contributed by atoms with Gasteiger partial charge in [0, 0.05) is 52.6 Å². The molecule has 1 aliphatic heterocycles. The topological polar surface area (TPSA) is 113 Å². The Morgan fingerprint density at radius 1 is 0.763 bits per heavy atom. The highest BCUT2D eigenvalue weighted by Crippen LogP contribution is 2.39. The van der Waals surface area contributed by atoms with Crippen LogP contribution in [0.4, 0.5) is 0 Å². The Morgan fingerprint density at radius 3 is 2.18 bits per heavy atom. The molecule has 2 aromatic carbocycles. The van der Waals surface area contributed by atoms with Crippen molar-refractivity contribution in [3.8, 4) is 5.69 Å². The van der Waals surface area contributed by atoms with Crippen molar-refractivity contribution in [2.45, 2.75) is 13.1 Å². The number of hydrogen-bond donors (Lipinski definition) is 1. The van der Waals surface area contributed by atoms with Crippen LogP contribution in [0.5, 0.6) is 0 Å². The van der Waals surface area contributed by atoms with Crippen LogP contribution >= 0.6 is 0 Å². The maximum Gasteiger partial charge on any atom is 0.259 e. The lowest BCUT2D eigenvalue weighted by atomic mass is 9.95. The molecular formula is C28H20N8O2. The Bertz CT molecular complexity index is 1880. The first-order chi connectivity index (χ1) is 18.7. The quantitative estimate of drug-likeness (QED) is 0.352. The van der Waals surface area contributed by atoms with Gasteiger partial charge in [-0.1, -0.05) is 36.4 Å². The number of imide groups is 1. The summed E-state index contributed by atoms with van der Waals surface area (Å²) in [7, 11) is 0. The number of carbonyl (C=O) groups excluding carboxylic acids is 2. The number of aromatic nitrogens is 7. The molecule has 0 saturated heterocycles. The van der Waals surface area contributed by atoms with Gasteiger partial charge in [0.15, 0.2) is 0 Å². The highest BCUT2D eigenvalue weighted by Gasteiger charge is 2.35. The second kappa shape index (κ2) is 8.63. The molecule has 6 aromatic rings. The van der Waals surface area contributed by atoms with Gasteiger partial charge in [-0.25, -0.2) is 4.68 Å². The summed E-state index contributed by atoms with van der Waals surface area (Å²) in [5, 5.41) is 15.6. The summed E-state index contributed by atoms with van der Waals surface area (Å²) >= 11 is 0. The van der Waals surface area contributed by atoms with E-state index in [4.69, 9.17) is 0 Å². The number of amides is 2. The number of carbonyl (C=O) groups is 2. The molecule has 5 heterocycles. The lowest BCUT2D eigenvalue weighted by Gasteiger charge is -2.04. The number of aryl methyl sites for hydroxylation is 2. The number of hydrogen-bond acceptors (Lipinski definition) is 6. The van der Waals surface area contributed by atoms with Gasteiger partial charge in [0.25, 0.3) is 11.8 Å². The molecule has 0 radical (unpaired) electrons. The van der Waals surface area contributed by atoms with Crippen LogP contribution in [0, 0.1) is 0 Å². The van der Waals surface area contributed by atoms with Gasteiger partial charge >= 0.3 is 0 Å². The fourth-order valence-electron chi connectivity index (χ4n) is 5.18. The van der Waals surface area contributed by atoms with Gasteiger partial charge in [-0.3, -0.25) is 19.9 Å². The van der Waals surface area contributed by atoms with E-state index < -0.39 is 11.8 Å². The van der Waals surface area contributed by atoms with E-state index in [1.807, 2.05) is 77.6 Å². The van der Waals surface area contributed by atoms with E-state index in [-0.39, 0.29) is 0 Å². The minimum absolute atomic E-state index is 0.359. The Balaban J connectivity index is 1.44. The van der Waals surface area contributed by atoms with Crippen molar-refractivity contribution in [1.82, 2.24) is 39.6 Å². The molecule has 0 unspecified atom stereocenters. The Hall–Kier alpha value is -5.38. The molecule has 0 spiro atoms. The van der Waals surface area contributed by atoms with Crippen LogP contribution < -0.4 is 5.32 Å². The summed E-state index contributed by atoms with van der Waals surface area (Å²) in [6.07, 6.45) is 8.89. The molecule has 4 aromatic heterocycles. The lowest BCUT2D eigenvalue weighted by Crippen LogP contribution is -2.22. The van der Waals surface area contributed by atoms with E-state index >= 15 is 0 Å². The average Bonchev–Trinajstić information content (AvgIpc) is 3.73. The van der Waals surface area contributed by atoms with E-state index in [0.717, 1.165) is 27.5 Å². The van der Waals surface area contributed by atoms with Crippen molar-refractivity contribution in [2.24, 2.45) is 0 Å². The molecule has 0 saturated carbocycles. The molecule has 1 aliphatic rings. The van der Waals surface area contributed by atoms with Crippen molar-refractivity contribution in [2.75, 3.05) is 0 Å². The number of benzene rings is 2. The van der Waals surface area contributed by atoms with E-state index in [0.29, 0.717) is 35.4 Å². The van der Waals surface area contributed by atoms with Crippen LogP contribution in [0.15, 0.2) is 91.8 Å². The van der Waals surface area contributed by atoms with Crippen molar-refractivity contribution < 1.29 is 9.59 Å². The average molecular weight is 501 g/mol. The minimum atomic E-state index is -0.412. The fourth-order valence-corrected chi connectivity index (χ4v) is 5.18. The summed E-state index contributed by atoms with van der Waals surface area (Å²) in [6.45, 7) is 1.14. The highest BCUT2D eigenvalue weighted by molar-refractivity contribution is 6.50. The van der Waals surface area contributed by atoms with Crippen molar-refractivity contribution in [3.63, 3.8) is 0 Å². The number of tetrazole rings is 1. The third kappa shape index (κ3) is 3.42. The van der Waals surface area contributed by atoms with Gasteiger partial charge in [-0.2, -0.15) is 0 Å². The first-order valence-electron chi connectivity index (χ1n) is 12.1. The SMILES string of the molecule is O=C1NC(=O)C(c2cn(-c3cccnc3)c3ccccc23)=C1c1cn(CCn2cnnn2)c2ccccc12. The molecule has 0 aliphatic carbocycles. The van der Waals surface area contributed by atoms with Crippen LogP contribution in [-0.2, 0) is 22.7 Å². The number of nitrogens with one attached hydrogen (secondary N) is 1. The Morgan fingerprint density at radius 2 is 1.47 bits per heavy atom. The van der Waals surface area contributed by atoms with E-state index in [1.165, 1.54) is 0 Å². The molecule has 184 valence electrons. The van der Waals surface area contributed by atoms with Crippen molar-refractivity contribution >= 4 is 44.8 Å². The van der Waals surface area contributed by atoms with Crippen molar-refractivity contribution in [1.29, 1.82) is 0 Å². The number of nitrogens with zero attached hydrogens (tertiary/aromatic N) is 7. The standard InChI is InChI=1S/C28H20N8O2/c37-27-25(21-15-34(12-13-35-17-30-32-33-35)23-9-3-1-7-19(21)23)26(28(38)31-27)22-16-36(18-6-5-11-29-14-18)24-10-4-2-8-20(22)24/h1-11,14-17H,12-13H2,(H,31,37,38). The zero-order chi connectivity index (χ0) is 25.6. The Labute approximate surface area is 215 Å². The maximum absolute atomic E-state index is 13.3. The zero-order valence-electron chi connectivity index (χ0n) is 20.0. The van der Waals surface area contributed by atoms with Crippen LogP contribution in [0.1, 0.15) is 11.1 Å². The molecule has 1 N–H and O–H groups in total. The molecule has 10 nitrogen and oxygen atoms in total. The molecule has 2 amide bonds. The van der Waals surface area contributed by atoms with Gasteiger partial charge in [-0.15, -0.1) is 5.10 Å². The number of pyridine rings is 1. The normalized spacial score (nSPS) is 13.7. The summed E-state index contributed by atoms with van der Waals surface area (Å²) in [5.41, 5.74) is 4.84. The van der Waals surface area contributed by atoms with Crippen molar-refractivity contribution in [3.05, 3.63) is 103 Å². The largest absolute Gasteiger partial charge is 0.345 e. The third-order valence-electron chi connectivity index (χ3n) is 6.86. The molecule has 0 atom stereocenters. The summed E-state index contributed by atoms with van der Waals surface area (Å²) in [5.74, 6) is -0.823. The number of rotatable bonds is 6. The second-order valence-electron chi connectivity index (χ2n) is 9.00. The summed E-state index contributed by atoms with van der Waals surface area (Å²) < 4.78 is 5.71. The molecule has 7 rings (SSSR count). The van der Waals surface area contributed by atoms with Gasteiger partial charge < -0.3 is 9.13 Å². The number of fused-ring (bicyclic) bond motifs is 2. The molecule has 0 bridgehead atoms. The van der Waals surface area contributed by atoms with E-state index in [9.17, 15) is 9.59 Å². The maximum atomic E-state index is 13.3. The predicted octanol–water partition coefficient (Wildman–Crippen LogP) is 3.23. The minimum Gasteiger partial charge on any atom is -0.345 e. The van der Waals surface area contributed by atoms with Crippen LogP contribution in [0.3, 0.4) is 0 Å². The summed E-state index contributed by atoms with van der Waals surface area (Å²) in [4.78, 5) is 30.9. The Kier molecular flexibility index (Phi) is 4.96. The molecular weight excluding hydrogens is 480 g/mol. The van der Waals surface area contributed by atoms with Crippen LogP contribution in [0.2, 0.25) is 0 Å². The van der Waals surface area contributed by atoms with Crippen LogP contribution in [0.25, 0.3) is 38.6 Å². The first kappa shape index (κ1) is 21.9. The molecule has 0 fully saturated rings. The fraction of sp³-hybridized carbons (Fsp3) is 0.0714. The number of para-hydroxylation sites is 2. The van der Waals surface area contributed by atoms with Gasteiger partial charge in [-0.05, 0) is 34.7 Å². The predicted molar refractivity (Wildman–Crippen MR) is 141 cm³/mol. The monoisotopic (exact) mass is 500 g/mol. The van der Waals surface area contributed by atoms with Gasteiger partial charge in [0.2, 0.25) is 0 Å². The van der Waals surface area contributed by atoms with E-state index in [2.05, 4.69) is 30.4 Å². The van der Waals surface area contributed by atoms with Gasteiger partial charge in [0.05, 0.1) is 35.1 Å². The van der Waals surface area contributed by atoms with E-state index in [1.54, 1.807) is 23.4 Å². The second-order valence-corrected chi connectivity index (χ2v) is 9.00. The lowest BCUT2D eigenvalue weighted by molar-refractivity contribution is -0.122. The smallest absolute Gasteiger partial charge is 0.259 e. The first-order valence-corrected chi connectivity index (χ1v) is 12.1. The zero-order valence-corrected chi connectivity index (χ0v) is 20.0. The molecule has 10 heteroatoms. The summed E-state index contributed by atoms with van der Waals surface area (Å²) in [6, 6.07) is 19.5. The third-order valence-corrected chi connectivity index (χ3v) is 6.86. The van der Waals surface area contributed by atoms with Crippen LogP contribution in [-0.4, -0.2) is 46.1 Å². The highest BCUT2D eigenvalue weighted by atomic mass is 16.2. The van der Waals surface area contributed by atoms with Gasteiger partial charge in [0.1, 0.15) is 6.33 Å². The molecule has 38 heavy (non-hydrogen) atoms.